The van der Waals surface area contributed by atoms with Crippen molar-refractivity contribution < 1.29 is 15.0 Å². The quantitative estimate of drug-likeness (QED) is 0.716. The second kappa shape index (κ2) is 4.04. The SMILES string of the molecule is CCCC1CC(=O)c2c(O)cc(O)cc2N1. The van der Waals surface area contributed by atoms with Gasteiger partial charge in [-0.2, -0.15) is 0 Å². The molecule has 2 rings (SSSR count). The molecular weight excluding hydrogens is 206 g/mol. The molecule has 0 aliphatic carbocycles. The molecule has 0 amide bonds. The summed E-state index contributed by atoms with van der Waals surface area (Å²) in [5.41, 5.74) is 0.831. The lowest BCUT2D eigenvalue weighted by Gasteiger charge is -2.26. The monoisotopic (exact) mass is 221 g/mol. The number of anilines is 1. The lowest BCUT2D eigenvalue weighted by Crippen LogP contribution is -2.29. The number of carbonyl (C=O) groups excluding carboxylic acids is 1. The number of carbonyl (C=O) groups is 1. The van der Waals surface area contributed by atoms with Crippen molar-refractivity contribution in [1.82, 2.24) is 0 Å². The van der Waals surface area contributed by atoms with E-state index in [2.05, 4.69) is 12.2 Å². The number of phenolic OH excluding ortho intramolecular Hbond substituents is 2. The third kappa shape index (κ3) is 1.83. The van der Waals surface area contributed by atoms with E-state index in [1.165, 1.54) is 12.1 Å². The van der Waals surface area contributed by atoms with Crippen LogP contribution in [0.3, 0.4) is 0 Å². The normalized spacial score (nSPS) is 19.1. The maximum absolute atomic E-state index is 11.8. The fourth-order valence-electron chi connectivity index (χ4n) is 2.14. The first-order valence-corrected chi connectivity index (χ1v) is 5.47. The lowest BCUT2D eigenvalue weighted by atomic mass is 9.93. The van der Waals surface area contributed by atoms with Crippen molar-refractivity contribution >= 4 is 11.5 Å². The van der Waals surface area contributed by atoms with Crippen LogP contribution in [-0.2, 0) is 0 Å². The minimum Gasteiger partial charge on any atom is -0.508 e. The van der Waals surface area contributed by atoms with Crippen LogP contribution in [0.5, 0.6) is 11.5 Å². The van der Waals surface area contributed by atoms with Gasteiger partial charge in [0, 0.05) is 24.6 Å². The Morgan fingerprint density at radius 1 is 1.44 bits per heavy atom. The summed E-state index contributed by atoms with van der Waals surface area (Å²) in [7, 11) is 0. The zero-order valence-electron chi connectivity index (χ0n) is 9.16. The molecule has 1 aromatic carbocycles. The maximum Gasteiger partial charge on any atom is 0.170 e. The number of ketones is 1. The number of rotatable bonds is 2. The Kier molecular flexibility index (Phi) is 2.73. The maximum atomic E-state index is 11.8. The number of aromatic hydroxyl groups is 2. The van der Waals surface area contributed by atoms with E-state index >= 15 is 0 Å². The molecule has 4 nitrogen and oxygen atoms in total. The molecule has 1 aliphatic heterocycles. The summed E-state index contributed by atoms with van der Waals surface area (Å²) < 4.78 is 0. The zero-order valence-corrected chi connectivity index (χ0v) is 9.16. The molecule has 1 aliphatic rings. The van der Waals surface area contributed by atoms with E-state index in [1.54, 1.807) is 0 Å². The summed E-state index contributed by atoms with van der Waals surface area (Å²) in [6, 6.07) is 2.78. The summed E-state index contributed by atoms with van der Waals surface area (Å²) in [4.78, 5) is 11.8. The smallest absolute Gasteiger partial charge is 0.170 e. The number of hydrogen-bond acceptors (Lipinski definition) is 4. The Morgan fingerprint density at radius 3 is 2.88 bits per heavy atom. The number of phenols is 2. The summed E-state index contributed by atoms with van der Waals surface area (Å²) in [6.07, 6.45) is 2.30. The number of hydrogen-bond donors (Lipinski definition) is 3. The molecular formula is C12H15NO3. The van der Waals surface area contributed by atoms with Crippen LogP contribution in [0.25, 0.3) is 0 Å². The molecule has 1 unspecified atom stereocenters. The topological polar surface area (TPSA) is 69.6 Å². The van der Waals surface area contributed by atoms with Gasteiger partial charge in [0.1, 0.15) is 11.5 Å². The molecule has 0 saturated carbocycles. The second-order valence-electron chi connectivity index (χ2n) is 4.14. The molecule has 0 bridgehead atoms. The minimum atomic E-state index is -0.151. The molecule has 0 saturated heterocycles. The number of Topliss-reactive ketones (excluding diaryl/α,β-unsaturated/α-hetero) is 1. The predicted octanol–water partition coefficient (Wildman–Crippen LogP) is 2.26. The summed E-state index contributed by atoms with van der Waals surface area (Å²) in [6.45, 7) is 2.06. The number of fused-ring (bicyclic) bond motifs is 1. The molecule has 0 fully saturated rings. The van der Waals surface area contributed by atoms with E-state index in [1.807, 2.05) is 0 Å². The predicted molar refractivity (Wildman–Crippen MR) is 61.0 cm³/mol. The van der Waals surface area contributed by atoms with Crippen LogP contribution in [0.4, 0.5) is 5.69 Å². The zero-order chi connectivity index (χ0) is 11.7. The van der Waals surface area contributed by atoms with Crippen LogP contribution in [0.1, 0.15) is 36.5 Å². The van der Waals surface area contributed by atoms with Gasteiger partial charge in [-0.15, -0.1) is 0 Å². The van der Waals surface area contributed by atoms with Gasteiger partial charge in [0.25, 0.3) is 0 Å². The van der Waals surface area contributed by atoms with E-state index in [4.69, 9.17) is 0 Å². The van der Waals surface area contributed by atoms with Crippen LogP contribution >= 0.6 is 0 Å². The van der Waals surface area contributed by atoms with Crippen molar-refractivity contribution in [2.45, 2.75) is 32.2 Å². The molecule has 4 heteroatoms. The molecule has 0 aromatic heterocycles. The lowest BCUT2D eigenvalue weighted by molar-refractivity contribution is 0.0968. The number of nitrogens with one attached hydrogen (secondary N) is 1. The van der Waals surface area contributed by atoms with Crippen LogP contribution < -0.4 is 5.32 Å². The van der Waals surface area contributed by atoms with Crippen molar-refractivity contribution in [3.63, 3.8) is 0 Å². The van der Waals surface area contributed by atoms with Gasteiger partial charge in [-0.25, -0.2) is 0 Å². The van der Waals surface area contributed by atoms with Crippen molar-refractivity contribution in [2.75, 3.05) is 5.32 Å². The number of benzene rings is 1. The largest absolute Gasteiger partial charge is 0.508 e. The highest BCUT2D eigenvalue weighted by Crippen LogP contribution is 2.36. The van der Waals surface area contributed by atoms with Gasteiger partial charge in [0.2, 0.25) is 0 Å². The Morgan fingerprint density at radius 2 is 2.19 bits per heavy atom. The molecule has 1 heterocycles. The van der Waals surface area contributed by atoms with Gasteiger partial charge in [0.15, 0.2) is 5.78 Å². The molecule has 1 atom stereocenters. The van der Waals surface area contributed by atoms with Crippen molar-refractivity contribution in [3.8, 4) is 11.5 Å². The van der Waals surface area contributed by atoms with E-state index in [0.29, 0.717) is 17.7 Å². The van der Waals surface area contributed by atoms with Gasteiger partial charge in [-0.05, 0) is 6.42 Å². The first-order chi connectivity index (χ1) is 7.61. The highest BCUT2D eigenvalue weighted by atomic mass is 16.3. The van der Waals surface area contributed by atoms with Crippen LogP contribution in [0.15, 0.2) is 12.1 Å². The van der Waals surface area contributed by atoms with E-state index in [0.717, 1.165) is 12.8 Å². The van der Waals surface area contributed by atoms with Crippen molar-refractivity contribution in [1.29, 1.82) is 0 Å². The van der Waals surface area contributed by atoms with E-state index in [-0.39, 0.29) is 23.3 Å². The summed E-state index contributed by atoms with van der Waals surface area (Å²) in [5, 5.41) is 22.1. The van der Waals surface area contributed by atoms with Gasteiger partial charge in [0.05, 0.1) is 11.3 Å². The Bertz CT molecular complexity index is 429. The summed E-state index contributed by atoms with van der Waals surface area (Å²) >= 11 is 0. The average Bonchev–Trinajstić information content (AvgIpc) is 2.15. The van der Waals surface area contributed by atoms with Gasteiger partial charge < -0.3 is 15.5 Å². The van der Waals surface area contributed by atoms with E-state index in [9.17, 15) is 15.0 Å². The van der Waals surface area contributed by atoms with Crippen LogP contribution in [-0.4, -0.2) is 22.0 Å². The second-order valence-corrected chi connectivity index (χ2v) is 4.14. The Balaban J connectivity index is 2.38. The molecule has 1 aromatic rings. The minimum absolute atomic E-state index is 0.0336. The average molecular weight is 221 g/mol. The first kappa shape index (κ1) is 10.8. The molecule has 16 heavy (non-hydrogen) atoms. The third-order valence-corrected chi connectivity index (χ3v) is 2.81. The van der Waals surface area contributed by atoms with Crippen molar-refractivity contribution in [2.24, 2.45) is 0 Å². The highest BCUT2D eigenvalue weighted by Gasteiger charge is 2.27. The standard InChI is InChI=1S/C12H15NO3/c1-2-3-7-4-10(15)12-9(13-7)5-8(14)6-11(12)16/h5-7,13-14,16H,2-4H2,1H3. The van der Waals surface area contributed by atoms with Crippen molar-refractivity contribution in [3.05, 3.63) is 17.7 Å². The summed E-state index contributed by atoms with van der Waals surface area (Å²) in [5.74, 6) is -0.249. The Hall–Kier alpha value is -1.71. The van der Waals surface area contributed by atoms with Crippen LogP contribution in [0, 0.1) is 0 Å². The van der Waals surface area contributed by atoms with E-state index < -0.39 is 0 Å². The fourth-order valence-corrected chi connectivity index (χ4v) is 2.14. The Labute approximate surface area is 93.9 Å². The molecule has 0 radical (unpaired) electrons. The molecule has 0 spiro atoms. The van der Waals surface area contributed by atoms with Gasteiger partial charge in [-0.1, -0.05) is 13.3 Å². The molecule has 3 N–H and O–H groups in total. The first-order valence-electron chi connectivity index (χ1n) is 5.47. The van der Waals surface area contributed by atoms with Gasteiger partial charge in [-0.3, -0.25) is 4.79 Å². The third-order valence-electron chi connectivity index (χ3n) is 2.81. The highest BCUT2D eigenvalue weighted by molar-refractivity contribution is 6.06. The fraction of sp³-hybridized carbons (Fsp3) is 0.417. The van der Waals surface area contributed by atoms with Gasteiger partial charge >= 0.3 is 0 Å². The van der Waals surface area contributed by atoms with Crippen LogP contribution in [0.2, 0.25) is 0 Å². The molecule has 86 valence electrons.